The molecule has 1 aromatic carbocycles. The summed E-state index contributed by atoms with van der Waals surface area (Å²) in [5.41, 5.74) is 8.06. The molecule has 1 fully saturated rings. The Morgan fingerprint density at radius 2 is 1.96 bits per heavy atom. The van der Waals surface area contributed by atoms with Crippen LogP contribution in [-0.4, -0.2) is 31.2 Å². The quantitative estimate of drug-likeness (QED) is 0.751. The van der Waals surface area contributed by atoms with Crippen molar-refractivity contribution in [2.75, 3.05) is 0 Å². The molecule has 0 unspecified atom stereocenters. The van der Waals surface area contributed by atoms with Crippen molar-refractivity contribution in [1.82, 2.24) is 25.1 Å². The van der Waals surface area contributed by atoms with E-state index < -0.39 is 5.54 Å². The Morgan fingerprint density at radius 1 is 1.23 bits per heavy atom. The molecule has 8 nitrogen and oxygen atoms in total. The lowest BCUT2D eigenvalue weighted by atomic mass is 9.77. The first kappa shape index (κ1) is 16.7. The van der Waals surface area contributed by atoms with Crippen molar-refractivity contribution in [2.24, 2.45) is 5.73 Å². The molecule has 0 saturated heterocycles. The molecule has 0 aliphatic heterocycles. The van der Waals surface area contributed by atoms with Gasteiger partial charge in [0.1, 0.15) is 5.75 Å². The predicted molar refractivity (Wildman–Crippen MR) is 94.9 cm³/mol. The van der Waals surface area contributed by atoms with Crippen LogP contribution >= 0.6 is 0 Å². The number of nitrogens with two attached hydrogens (primary N) is 1. The van der Waals surface area contributed by atoms with Crippen LogP contribution < -0.4 is 10.5 Å². The second kappa shape index (κ2) is 6.21. The van der Waals surface area contributed by atoms with Gasteiger partial charge in [-0.15, -0.1) is 5.10 Å². The van der Waals surface area contributed by atoms with Crippen molar-refractivity contribution < 1.29 is 9.26 Å². The number of hydrogen-bond donors (Lipinski definition) is 1. The van der Waals surface area contributed by atoms with Crippen LogP contribution in [0.15, 0.2) is 28.8 Å². The maximum Gasteiger partial charge on any atom is 0.280 e. The van der Waals surface area contributed by atoms with E-state index in [9.17, 15) is 0 Å². The highest BCUT2D eigenvalue weighted by Gasteiger charge is 2.39. The lowest BCUT2D eigenvalue weighted by Gasteiger charge is -2.34. The highest BCUT2D eigenvalue weighted by Crippen LogP contribution is 2.37. The molecule has 8 heteroatoms. The molecule has 0 radical (unpaired) electrons. The van der Waals surface area contributed by atoms with Crippen molar-refractivity contribution in [3.63, 3.8) is 0 Å². The van der Waals surface area contributed by atoms with Gasteiger partial charge in [-0.25, -0.2) is 4.68 Å². The van der Waals surface area contributed by atoms with Crippen molar-refractivity contribution in [2.45, 2.75) is 51.7 Å². The van der Waals surface area contributed by atoms with Crippen LogP contribution in [0.3, 0.4) is 0 Å². The maximum absolute atomic E-state index is 6.26. The van der Waals surface area contributed by atoms with E-state index in [2.05, 4.69) is 20.5 Å². The third kappa shape index (κ3) is 2.86. The molecule has 2 N–H and O–H groups in total. The highest BCUT2D eigenvalue weighted by atomic mass is 16.5. The molecule has 26 heavy (non-hydrogen) atoms. The van der Waals surface area contributed by atoms with E-state index >= 15 is 0 Å². The fraction of sp³-hybridized carbons (Fsp3) is 0.444. The van der Waals surface area contributed by atoms with E-state index in [0.29, 0.717) is 17.4 Å². The average molecular weight is 354 g/mol. The number of rotatable bonds is 5. The molecule has 1 saturated carbocycles. The molecule has 136 valence electrons. The monoisotopic (exact) mass is 354 g/mol. The maximum atomic E-state index is 6.26. The third-order valence-electron chi connectivity index (χ3n) is 4.67. The second-order valence-corrected chi connectivity index (χ2v) is 7.03. The zero-order valence-electron chi connectivity index (χ0n) is 15.1. The summed E-state index contributed by atoms with van der Waals surface area (Å²) in [7, 11) is 0. The number of benzene rings is 1. The van der Waals surface area contributed by atoms with E-state index in [1.54, 1.807) is 4.68 Å². The van der Waals surface area contributed by atoms with Gasteiger partial charge in [0, 0.05) is 0 Å². The van der Waals surface area contributed by atoms with E-state index in [-0.39, 0.29) is 6.10 Å². The zero-order valence-corrected chi connectivity index (χ0v) is 15.1. The van der Waals surface area contributed by atoms with Crippen LogP contribution in [0.4, 0.5) is 0 Å². The smallest absolute Gasteiger partial charge is 0.280 e. The molecule has 3 aromatic rings. The SMILES string of the molecule is Cc1c(-c2nc(C3(N)CCC3)no2)nnn1-c1ccc(OC(C)C)cc1. The molecule has 2 heterocycles. The van der Waals surface area contributed by atoms with E-state index in [1.807, 2.05) is 45.0 Å². The molecule has 1 aliphatic rings. The van der Waals surface area contributed by atoms with E-state index in [1.165, 1.54) is 0 Å². The van der Waals surface area contributed by atoms with Gasteiger partial charge in [0.2, 0.25) is 0 Å². The average Bonchev–Trinajstić information content (AvgIpc) is 3.20. The van der Waals surface area contributed by atoms with Crippen molar-refractivity contribution >= 4 is 0 Å². The second-order valence-electron chi connectivity index (χ2n) is 7.03. The summed E-state index contributed by atoms with van der Waals surface area (Å²) >= 11 is 0. The lowest BCUT2D eigenvalue weighted by molar-refractivity contribution is 0.229. The molecule has 2 aromatic heterocycles. The Balaban J connectivity index is 1.60. The molecule has 0 amide bonds. The first-order valence-electron chi connectivity index (χ1n) is 8.79. The van der Waals surface area contributed by atoms with Gasteiger partial charge < -0.3 is 15.0 Å². The van der Waals surface area contributed by atoms with Gasteiger partial charge in [-0.2, -0.15) is 4.98 Å². The number of aromatic nitrogens is 5. The minimum atomic E-state index is -0.460. The summed E-state index contributed by atoms with van der Waals surface area (Å²) in [5.74, 6) is 1.71. The Hall–Kier alpha value is -2.74. The number of nitrogens with zero attached hydrogens (tertiary/aromatic N) is 5. The first-order chi connectivity index (χ1) is 12.5. The Kier molecular flexibility index (Phi) is 3.99. The standard InChI is InChI=1S/C18H22N6O2/c1-11(2)25-14-7-5-13(6-8-14)24-12(3)15(21-23-24)16-20-17(22-26-16)18(19)9-4-10-18/h5-8,11H,4,9-10,19H2,1-3H3. The van der Waals surface area contributed by atoms with Crippen LogP contribution in [0.1, 0.15) is 44.6 Å². The van der Waals surface area contributed by atoms with Crippen molar-refractivity contribution in [3.05, 3.63) is 35.8 Å². The van der Waals surface area contributed by atoms with Crippen LogP contribution in [0.5, 0.6) is 5.75 Å². The van der Waals surface area contributed by atoms with E-state index in [0.717, 1.165) is 36.4 Å². The predicted octanol–water partition coefficient (Wildman–Crippen LogP) is 2.75. The zero-order chi connectivity index (χ0) is 18.3. The molecule has 1 aliphatic carbocycles. The van der Waals surface area contributed by atoms with Gasteiger partial charge in [-0.05, 0) is 64.3 Å². The fourth-order valence-electron chi connectivity index (χ4n) is 3.01. The molecule has 0 bridgehead atoms. The summed E-state index contributed by atoms with van der Waals surface area (Å²) in [6, 6.07) is 7.70. The molecule has 4 rings (SSSR count). The summed E-state index contributed by atoms with van der Waals surface area (Å²) in [6.45, 7) is 5.91. The molecule has 0 spiro atoms. The molecule has 0 atom stereocenters. The Labute approximate surface area is 151 Å². The lowest BCUT2D eigenvalue weighted by Crippen LogP contribution is -2.44. The normalized spacial score (nSPS) is 15.9. The van der Waals surface area contributed by atoms with Gasteiger partial charge in [-0.1, -0.05) is 10.4 Å². The van der Waals surface area contributed by atoms with Crippen LogP contribution in [0, 0.1) is 6.92 Å². The number of ether oxygens (including phenoxy) is 1. The van der Waals surface area contributed by atoms with Crippen LogP contribution in [-0.2, 0) is 5.54 Å². The minimum absolute atomic E-state index is 0.133. The number of hydrogen-bond acceptors (Lipinski definition) is 7. The fourth-order valence-corrected chi connectivity index (χ4v) is 3.01. The molecular formula is C18H22N6O2. The third-order valence-corrected chi connectivity index (χ3v) is 4.67. The van der Waals surface area contributed by atoms with Gasteiger partial charge in [0.05, 0.1) is 23.0 Å². The van der Waals surface area contributed by atoms with E-state index in [4.69, 9.17) is 15.0 Å². The van der Waals surface area contributed by atoms with Crippen molar-refractivity contribution in [3.8, 4) is 23.0 Å². The summed E-state index contributed by atoms with van der Waals surface area (Å²) < 4.78 is 12.8. The summed E-state index contributed by atoms with van der Waals surface area (Å²) in [4.78, 5) is 4.45. The summed E-state index contributed by atoms with van der Waals surface area (Å²) in [6.07, 6.45) is 2.98. The first-order valence-corrected chi connectivity index (χ1v) is 8.79. The largest absolute Gasteiger partial charge is 0.491 e. The van der Waals surface area contributed by atoms with Crippen LogP contribution in [0.25, 0.3) is 17.3 Å². The Morgan fingerprint density at radius 3 is 2.58 bits per heavy atom. The highest BCUT2D eigenvalue weighted by molar-refractivity contribution is 5.52. The van der Waals surface area contributed by atoms with Crippen molar-refractivity contribution in [1.29, 1.82) is 0 Å². The minimum Gasteiger partial charge on any atom is -0.491 e. The summed E-state index contributed by atoms with van der Waals surface area (Å²) in [5, 5.41) is 12.5. The van der Waals surface area contributed by atoms with Gasteiger partial charge in [0.25, 0.3) is 5.89 Å². The van der Waals surface area contributed by atoms with Gasteiger partial charge >= 0.3 is 0 Å². The van der Waals surface area contributed by atoms with Crippen LogP contribution in [0.2, 0.25) is 0 Å². The van der Waals surface area contributed by atoms with Gasteiger partial charge in [0.15, 0.2) is 11.5 Å². The van der Waals surface area contributed by atoms with Gasteiger partial charge in [-0.3, -0.25) is 0 Å². The topological polar surface area (TPSA) is 105 Å². The molecular weight excluding hydrogens is 332 g/mol. The Bertz CT molecular complexity index is 908.